The van der Waals surface area contributed by atoms with Gasteiger partial charge < -0.3 is 14.3 Å². The van der Waals surface area contributed by atoms with Crippen molar-refractivity contribution in [2.75, 3.05) is 4.90 Å². The van der Waals surface area contributed by atoms with Crippen LogP contribution in [-0.4, -0.2) is 23.8 Å². The van der Waals surface area contributed by atoms with Crippen LogP contribution in [0.15, 0.2) is 64.6 Å². The summed E-state index contributed by atoms with van der Waals surface area (Å²) in [5.74, 6) is -3.88. The summed E-state index contributed by atoms with van der Waals surface area (Å²) in [5, 5.41) is 12.9. The lowest BCUT2D eigenvalue weighted by Crippen LogP contribution is -2.54. The standard InChI is InChI=1S/C22H12ClFN2O6/c23-15-9-11(5-7-13(15)21(29)30)18-8-6-12(32-18)10-14-19(27)25-22(31)26(20(14)28)17-4-2-1-3-16(17)24/h1-10H,(H,29,30)(H,25,27,31)/p-1/b14-10+. The van der Waals surface area contributed by atoms with Crippen LogP contribution in [-0.2, 0) is 9.59 Å². The van der Waals surface area contributed by atoms with Gasteiger partial charge in [0.05, 0.1) is 16.7 Å². The van der Waals surface area contributed by atoms with Crippen LogP contribution in [0.3, 0.4) is 0 Å². The predicted octanol–water partition coefficient (Wildman–Crippen LogP) is 2.77. The number of furan rings is 1. The molecular weight excluding hydrogens is 443 g/mol. The van der Waals surface area contributed by atoms with E-state index in [-0.39, 0.29) is 27.8 Å². The van der Waals surface area contributed by atoms with Crippen molar-refractivity contribution >= 4 is 47.2 Å². The predicted molar refractivity (Wildman–Crippen MR) is 109 cm³/mol. The Morgan fingerprint density at radius 3 is 2.53 bits per heavy atom. The Labute approximate surface area is 184 Å². The van der Waals surface area contributed by atoms with Crippen molar-refractivity contribution in [1.82, 2.24) is 5.32 Å². The molecule has 0 bridgehead atoms. The number of carbonyl (C=O) groups is 4. The van der Waals surface area contributed by atoms with E-state index in [1.807, 2.05) is 5.32 Å². The number of nitrogens with zero attached hydrogens (tertiary/aromatic N) is 1. The minimum absolute atomic E-state index is 0.0558. The van der Waals surface area contributed by atoms with E-state index in [1.165, 1.54) is 48.5 Å². The summed E-state index contributed by atoms with van der Waals surface area (Å²) >= 11 is 5.94. The molecule has 0 saturated carbocycles. The van der Waals surface area contributed by atoms with E-state index in [4.69, 9.17) is 16.0 Å². The maximum Gasteiger partial charge on any atom is 0.336 e. The van der Waals surface area contributed by atoms with Crippen LogP contribution in [0.5, 0.6) is 0 Å². The Bertz CT molecular complexity index is 1330. The van der Waals surface area contributed by atoms with Crippen LogP contribution in [0, 0.1) is 5.82 Å². The number of benzene rings is 2. The Morgan fingerprint density at radius 1 is 1.09 bits per heavy atom. The van der Waals surface area contributed by atoms with Crippen molar-refractivity contribution < 1.29 is 33.1 Å². The zero-order chi connectivity index (χ0) is 23.0. The summed E-state index contributed by atoms with van der Waals surface area (Å²) < 4.78 is 19.7. The van der Waals surface area contributed by atoms with E-state index in [0.717, 1.165) is 12.1 Å². The van der Waals surface area contributed by atoms with Gasteiger partial charge in [-0.15, -0.1) is 0 Å². The summed E-state index contributed by atoms with van der Waals surface area (Å²) in [7, 11) is 0. The molecule has 0 spiro atoms. The molecule has 160 valence electrons. The van der Waals surface area contributed by atoms with Crippen LogP contribution < -0.4 is 15.3 Å². The van der Waals surface area contributed by atoms with Crippen molar-refractivity contribution in [3.63, 3.8) is 0 Å². The van der Waals surface area contributed by atoms with Gasteiger partial charge in [0, 0.05) is 11.1 Å². The maximum absolute atomic E-state index is 14.1. The first kappa shape index (κ1) is 21.0. The van der Waals surface area contributed by atoms with Crippen molar-refractivity contribution in [2.45, 2.75) is 0 Å². The van der Waals surface area contributed by atoms with Gasteiger partial charge in [-0.25, -0.2) is 14.1 Å². The van der Waals surface area contributed by atoms with E-state index in [1.54, 1.807) is 0 Å². The van der Waals surface area contributed by atoms with Gasteiger partial charge in [-0.05, 0) is 36.4 Å². The number of imide groups is 2. The van der Waals surface area contributed by atoms with Gasteiger partial charge >= 0.3 is 6.03 Å². The molecule has 4 amide bonds. The second-order valence-electron chi connectivity index (χ2n) is 6.59. The summed E-state index contributed by atoms with van der Waals surface area (Å²) in [6.45, 7) is 0. The molecule has 1 aliphatic rings. The molecule has 1 aromatic heterocycles. The Hall–Kier alpha value is -4.24. The Balaban J connectivity index is 1.67. The van der Waals surface area contributed by atoms with Gasteiger partial charge in [0.25, 0.3) is 11.8 Å². The van der Waals surface area contributed by atoms with Gasteiger partial charge in [0.2, 0.25) is 0 Å². The highest BCUT2D eigenvalue weighted by molar-refractivity contribution is 6.39. The molecule has 0 radical (unpaired) electrons. The monoisotopic (exact) mass is 453 g/mol. The molecule has 0 aliphatic carbocycles. The minimum atomic E-state index is -1.43. The number of barbiturate groups is 1. The average molecular weight is 454 g/mol. The molecule has 1 N–H and O–H groups in total. The smallest absolute Gasteiger partial charge is 0.336 e. The third-order valence-corrected chi connectivity index (χ3v) is 4.89. The molecule has 3 aromatic rings. The topological polar surface area (TPSA) is 120 Å². The van der Waals surface area contributed by atoms with Crippen molar-refractivity contribution in [3.05, 3.63) is 82.3 Å². The molecule has 2 aromatic carbocycles. The van der Waals surface area contributed by atoms with Gasteiger partial charge in [0.15, 0.2) is 0 Å². The second-order valence-corrected chi connectivity index (χ2v) is 7.00. The number of anilines is 1. The first-order valence-corrected chi connectivity index (χ1v) is 9.41. The lowest BCUT2D eigenvalue weighted by Gasteiger charge is -2.26. The van der Waals surface area contributed by atoms with E-state index in [9.17, 15) is 28.7 Å². The molecular formula is C22H11ClFN2O6-. The van der Waals surface area contributed by atoms with Gasteiger partial charge in [-0.1, -0.05) is 35.9 Å². The van der Waals surface area contributed by atoms with Gasteiger partial charge in [-0.2, -0.15) is 0 Å². The molecule has 0 atom stereocenters. The zero-order valence-corrected chi connectivity index (χ0v) is 16.7. The molecule has 10 heteroatoms. The molecule has 4 rings (SSSR count). The molecule has 1 aliphatic heterocycles. The van der Waals surface area contributed by atoms with E-state index in [2.05, 4.69) is 0 Å². The molecule has 1 fully saturated rings. The number of carboxylic acid groups (broad SMARTS) is 1. The largest absolute Gasteiger partial charge is 0.545 e. The van der Waals surface area contributed by atoms with E-state index < -0.39 is 35.2 Å². The van der Waals surface area contributed by atoms with Crippen LogP contribution in [0.25, 0.3) is 17.4 Å². The molecule has 8 nitrogen and oxygen atoms in total. The number of carbonyl (C=O) groups excluding carboxylic acids is 4. The number of nitrogens with one attached hydrogen (secondary N) is 1. The fourth-order valence-corrected chi connectivity index (χ4v) is 3.33. The Morgan fingerprint density at radius 2 is 1.84 bits per heavy atom. The highest BCUT2D eigenvalue weighted by Crippen LogP contribution is 2.29. The SMILES string of the molecule is O=C1NC(=O)N(c2ccccc2F)C(=O)/C1=C/c1ccc(-c2ccc(C(=O)[O-])c(Cl)c2)o1. The summed E-state index contributed by atoms with van der Waals surface area (Å²) in [6.07, 6.45) is 1.11. The second kappa shape index (κ2) is 8.12. The van der Waals surface area contributed by atoms with Crippen molar-refractivity contribution in [3.8, 4) is 11.3 Å². The lowest BCUT2D eigenvalue weighted by atomic mass is 10.1. The molecule has 32 heavy (non-hydrogen) atoms. The third-order valence-electron chi connectivity index (χ3n) is 4.58. The molecule has 2 heterocycles. The molecule has 0 unspecified atom stereocenters. The van der Waals surface area contributed by atoms with Crippen LogP contribution in [0.1, 0.15) is 16.1 Å². The Kier molecular flexibility index (Phi) is 5.33. The van der Waals surface area contributed by atoms with E-state index >= 15 is 0 Å². The molecule has 1 saturated heterocycles. The minimum Gasteiger partial charge on any atom is -0.545 e. The number of urea groups is 1. The summed E-state index contributed by atoms with van der Waals surface area (Å²) in [4.78, 5) is 48.7. The summed E-state index contributed by atoms with van der Waals surface area (Å²) in [6, 6.07) is 11.1. The zero-order valence-electron chi connectivity index (χ0n) is 15.9. The fraction of sp³-hybridized carbons (Fsp3) is 0. The number of hydrogen-bond donors (Lipinski definition) is 1. The van der Waals surface area contributed by atoms with Crippen LogP contribution in [0.4, 0.5) is 14.9 Å². The van der Waals surface area contributed by atoms with Crippen LogP contribution >= 0.6 is 11.6 Å². The third kappa shape index (κ3) is 3.77. The van der Waals surface area contributed by atoms with Gasteiger partial charge in [-0.3, -0.25) is 14.9 Å². The average Bonchev–Trinajstić information content (AvgIpc) is 3.21. The van der Waals surface area contributed by atoms with Gasteiger partial charge in [0.1, 0.15) is 22.9 Å². The van der Waals surface area contributed by atoms with Crippen molar-refractivity contribution in [2.24, 2.45) is 0 Å². The highest BCUT2D eigenvalue weighted by atomic mass is 35.5. The fourth-order valence-electron chi connectivity index (χ4n) is 3.07. The highest BCUT2D eigenvalue weighted by Gasteiger charge is 2.38. The number of para-hydroxylation sites is 1. The summed E-state index contributed by atoms with van der Waals surface area (Å²) in [5.41, 5.74) is -0.505. The van der Waals surface area contributed by atoms with Crippen molar-refractivity contribution in [1.29, 1.82) is 0 Å². The maximum atomic E-state index is 14.1. The quantitative estimate of drug-likeness (QED) is 0.479. The van der Waals surface area contributed by atoms with Crippen LogP contribution in [0.2, 0.25) is 5.02 Å². The van der Waals surface area contributed by atoms with E-state index in [0.29, 0.717) is 10.5 Å². The normalized spacial score (nSPS) is 15.2. The number of carboxylic acids is 1. The number of hydrogen-bond acceptors (Lipinski definition) is 6. The first-order chi connectivity index (χ1) is 15.3. The number of amides is 4. The number of halogens is 2. The first-order valence-electron chi connectivity index (χ1n) is 9.03. The number of aromatic carboxylic acids is 1. The lowest BCUT2D eigenvalue weighted by molar-refractivity contribution is -0.255. The number of rotatable bonds is 4.